The molecule has 0 aliphatic heterocycles. The minimum Gasteiger partial charge on any atom is -0.361 e. The molecule has 1 heterocycles. The Morgan fingerprint density at radius 1 is 1.20 bits per heavy atom. The van der Waals surface area contributed by atoms with E-state index in [2.05, 4.69) is 4.98 Å². The molecule has 0 saturated heterocycles. The molecule has 0 aliphatic carbocycles. The summed E-state index contributed by atoms with van der Waals surface area (Å²) in [6, 6.07) is 4.83. The summed E-state index contributed by atoms with van der Waals surface area (Å²) in [5, 5.41) is 0.516. The van der Waals surface area contributed by atoms with Crippen LogP contribution in [0.4, 0.5) is 13.2 Å². The van der Waals surface area contributed by atoms with Crippen molar-refractivity contribution in [2.45, 2.75) is 12.2 Å². The lowest BCUT2D eigenvalue weighted by Gasteiger charge is -2.14. The number of halogens is 3. The van der Waals surface area contributed by atoms with Crippen LogP contribution in [0.25, 0.3) is 10.9 Å². The largest absolute Gasteiger partial charge is 0.407 e. The Kier molecular flexibility index (Phi) is 2.19. The molecule has 3 N–H and O–H groups in total. The fourth-order valence-electron chi connectivity index (χ4n) is 1.53. The molecule has 2 aromatic rings. The summed E-state index contributed by atoms with van der Waals surface area (Å²) in [6.45, 7) is 0. The summed E-state index contributed by atoms with van der Waals surface area (Å²) in [5.41, 5.74) is 5.88. The first-order chi connectivity index (χ1) is 7.00. The van der Waals surface area contributed by atoms with E-state index in [-0.39, 0.29) is 5.56 Å². The maximum absolute atomic E-state index is 12.4. The third kappa shape index (κ3) is 1.70. The Labute approximate surface area is 83.9 Å². The van der Waals surface area contributed by atoms with E-state index in [1.807, 2.05) is 0 Å². The van der Waals surface area contributed by atoms with Gasteiger partial charge in [0.2, 0.25) is 0 Å². The van der Waals surface area contributed by atoms with E-state index in [1.165, 1.54) is 6.20 Å². The number of H-pyrrole nitrogens is 1. The highest BCUT2D eigenvalue weighted by molar-refractivity contribution is 5.83. The van der Waals surface area contributed by atoms with Gasteiger partial charge in [0.05, 0.1) is 0 Å². The van der Waals surface area contributed by atoms with E-state index in [9.17, 15) is 13.2 Å². The van der Waals surface area contributed by atoms with Gasteiger partial charge < -0.3 is 10.7 Å². The van der Waals surface area contributed by atoms with E-state index in [4.69, 9.17) is 5.73 Å². The average Bonchev–Trinajstić information content (AvgIpc) is 2.58. The second kappa shape index (κ2) is 3.27. The van der Waals surface area contributed by atoms with Gasteiger partial charge in [-0.05, 0) is 6.07 Å². The van der Waals surface area contributed by atoms with Crippen molar-refractivity contribution in [1.82, 2.24) is 4.98 Å². The standard InChI is InChI=1S/C10H9F3N2/c11-10(12,13)9(14)7-5-15-8-4-2-1-3-6(7)8/h1-5,9,15H,14H2/t9-/m0/s1. The Bertz CT molecular complexity index is 473. The quantitative estimate of drug-likeness (QED) is 0.752. The molecule has 0 aliphatic rings. The van der Waals surface area contributed by atoms with Crippen molar-refractivity contribution in [3.63, 3.8) is 0 Å². The molecule has 2 rings (SSSR count). The number of fused-ring (bicyclic) bond motifs is 1. The van der Waals surface area contributed by atoms with Crippen LogP contribution >= 0.6 is 0 Å². The van der Waals surface area contributed by atoms with E-state index in [0.29, 0.717) is 10.9 Å². The van der Waals surface area contributed by atoms with Gasteiger partial charge in [0, 0.05) is 22.7 Å². The first kappa shape index (κ1) is 10.0. The fourth-order valence-corrected chi connectivity index (χ4v) is 1.53. The molecule has 0 saturated carbocycles. The van der Waals surface area contributed by atoms with Crippen molar-refractivity contribution in [1.29, 1.82) is 0 Å². The summed E-state index contributed by atoms with van der Waals surface area (Å²) >= 11 is 0. The third-order valence-corrected chi connectivity index (χ3v) is 2.31. The minimum atomic E-state index is -4.41. The Hall–Kier alpha value is -1.49. The summed E-state index contributed by atoms with van der Waals surface area (Å²) in [5.74, 6) is 0. The highest BCUT2D eigenvalue weighted by Gasteiger charge is 2.38. The number of para-hydroxylation sites is 1. The SMILES string of the molecule is N[C@@H](c1c[nH]c2ccccc12)C(F)(F)F. The van der Waals surface area contributed by atoms with E-state index < -0.39 is 12.2 Å². The molecule has 0 spiro atoms. The molecule has 1 atom stereocenters. The fraction of sp³-hybridized carbons (Fsp3) is 0.200. The number of hydrogen-bond acceptors (Lipinski definition) is 1. The first-order valence-corrected chi connectivity index (χ1v) is 4.38. The van der Waals surface area contributed by atoms with Crippen LogP contribution < -0.4 is 5.73 Å². The predicted octanol–water partition coefficient (Wildman–Crippen LogP) is 2.73. The molecule has 0 amide bonds. The van der Waals surface area contributed by atoms with Crippen molar-refractivity contribution >= 4 is 10.9 Å². The van der Waals surface area contributed by atoms with Crippen molar-refractivity contribution in [2.24, 2.45) is 5.73 Å². The Morgan fingerprint density at radius 2 is 1.87 bits per heavy atom. The number of alkyl halides is 3. The molecule has 0 fully saturated rings. The van der Waals surface area contributed by atoms with E-state index >= 15 is 0 Å². The summed E-state index contributed by atoms with van der Waals surface area (Å²) < 4.78 is 37.2. The predicted molar refractivity (Wildman–Crippen MR) is 51.3 cm³/mol. The molecule has 15 heavy (non-hydrogen) atoms. The van der Waals surface area contributed by atoms with Gasteiger partial charge in [-0.3, -0.25) is 0 Å². The molecule has 1 aromatic carbocycles. The van der Waals surface area contributed by atoms with Crippen LogP contribution in [0.2, 0.25) is 0 Å². The highest BCUT2D eigenvalue weighted by atomic mass is 19.4. The lowest BCUT2D eigenvalue weighted by molar-refractivity contribution is -0.148. The number of benzene rings is 1. The normalized spacial score (nSPS) is 14.4. The van der Waals surface area contributed by atoms with Crippen LogP contribution in [0.3, 0.4) is 0 Å². The molecular weight excluding hydrogens is 205 g/mol. The topological polar surface area (TPSA) is 41.8 Å². The van der Waals surface area contributed by atoms with Gasteiger partial charge in [-0.15, -0.1) is 0 Å². The van der Waals surface area contributed by atoms with Crippen LogP contribution in [0.1, 0.15) is 11.6 Å². The van der Waals surface area contributed by atoms with Crippen LogP contribution in [-0.2, 0) is 0 Å². The van der Waals surface area contributed by atoms with Gasteiger partial charge in [-0.25, -0.2) is 0 Å². The number of rotatable bonds is 1. The van der Waals surface area contributed by atoms with E-state index in [1.54, 1.807) is 24.3 Å². The molecule has 0 bridgehead atoms. The summed E-state index contributed by atoms with van der Waals surface area (Å²) in [7, 11) is 0. The molecule has 1 aromatic heterocycles. The third-order valence-electron chi connectivity index (χ3n) is 2.31. The van der Waals surface area contributed by atoms with Crippen molar-refractivity contribution in [3.05, 3.63) is 36.0 Å². The number of hydrogen-bond donors (Lipinski definition) is 2. The van der Waals surface area contributed by atoms with Gasteiger partial charge in [-0.1, -0.05) is 18.2 Å². The molecular formula is C10H9F3N2. The smallest absolute Gasteiger partial charge is 0.361 e. The molecule has 5 heteroatoms. The zero-order chi connectivity index (χ0) is 11.1. The monoisotopic (exact) mass is 214 g/mol. The van der Waals surface area contributed by atoms with Gasteiger partial charge in [0.15, 0.2) is 0 Å². The molecule has 0 unspecified atom stereocenters. The van der Waals surface area contributed by atoms with Gasteiger partial charge in [-0.2, -0.15) is 13.2 Å². The maximum atomic E-state index is 12.4. The number of nitrogens with two attached hydrogens (primary N) is 1. The van der Waals surface area contributed by atoms with Crippen LogP contribution in [-0.4, -0.2) is 11.2 Å². The van der Waals surface area contributed by atoms with Crippen LogP contribution in [0.15, 0.2) is 30.5 Å². The summed E-state index contributed by atoms with van der Waals surface area (Å²) in [4.78, 5) is 2.76. The molecule has 80 valence electrons. The average molecular weight is 214 g/mol. The van der Waals surface area contributed by atoms with Gasteiger partial charge in [0.1, 0.15) is 6.04 Å². The second-order valence-corrected chi connectivity index (χ2v) is 3.31. The number of aromatic nitrogens is 1. The second-order valence-electron chi connectivity index (χ2n) is 3.31. The Morgan fingerprint density at radius 3 is 2.53 bits per heavy atom. The Balaban J connectivity index is 2.53. The van der Waals surface area contributed by atoms with Crippen molar-refractivity contribution in [3.8, 4) is 0 Å². The van der Waals surface area contributed by atoms with Crippen LogP contribution in [0, 0.1) is 0 Å². The lowest BCUT2D eigenvalue weighted by atomic mass is 10.1. The molecule has 0 radical (unpaired) electrons. The van der Waals surface area contributed by atoms with Crippen molar-refractivity contribution < 1.29 is 13.2 Å². The number of nitrogens with one attached hydrogen (secondary N) is 1. The molecule has 2 nitrogen and oxygen atoms in total. The number of aromatic amines is 1. The minimum absolute atomic E-state index is 0.0816. The highest BCUT2D eigenvalue weighted by Crippen LogP contribution is 2.34. The van der Waals surface area contributed by atoms with Crippen LogP contribution in [0.5, 0.6) is 0 Å². The maximum Gasteiger partial charge on any atom is 0.407 e. The van der Waals surface area contributed by atoms with Crippen molar-refractivity contribution in [2.75, 3.05) is 0 Å². The first-order valence-electron chi connectivity index (χ1n) is 4.38. The zero-order valence-corrected chi connectivity index (χ0v) is 7.68. The van der Waals surface area contributed by atoms with E-state index in [0.717, 1.165) is 0 Å². The zero-order valence-electron chi connectivity index (χ0n) is 7.68. The van der Waals surface area contributed by atoms with Gasteiger partial charge in [0.25, 0.3) is 0 Å². The lowest BCUT2D eigenvalue weighted by Crippen LogP contribution is -2.28. The van der Waals surface area contributed by atoms with Gasteiger partial charge >= 0.3 is 6.18 Å². The summed E-state index contributed by atoms with van der Waals surface area (Å²) in [6.07, 6.45) is -3.10.